The number of amides is 3. The van der Waals surface area contributed by atoms with Crippen molar-refractivity contribution < 1.29 is 9.59 Å². The highest BCUT2D eigenvalue weighted by Crippen LogP contribution is 2.16. The Bertz CT molecular complexity index is 516. The molecule has 1 aliphatic heterocycles. The normalized spacial score (nSPS) is 15.5. The third-order valence-electron chi connectivity index (χ3n) is 3.87. The van der Waals surface area contributed by atoms with Crippen LogP contribution in [0, 0.1) is 0 Å². The molecule has 1 heterocycles. The second-order valence-electron chi connectivity index (χ2n) is 5.29. The third kappa shape index (κ3) is 3.97. The van der Waals surface area contributed by atoms with E-state index in [0.717, 1.165) is 30.6 Å². The van der Waals surface area contributed by atoms with E-state index in [1.165, 1.54) is 0 Å². The van der Waals surface area contributed by atoms with Crippen molar-refractivity contribution in [3.63, 3.8) is 0 Å². The van der Waals surface area contributed by atoms with E-state index in [9.17, 15) is 9.59 Å². The highest BCUT2D eigenvalue weighted by molar-refractivity contribution is 5.90. The number of urea groups is 1. The van der Waals surface area contributed by atoms with E-state index < -0.39 is 0 Å². The number of aryl methyl sites for hydroxylation is 1. The van der Waals surface area contributed by atoms with Crippen LogP contribution in [-0.4, -0.2) is 47.9 Å². The summed E-state index contributed by atoms with van der Waals surface area (Å²) in [5, 5.41) is 2.99. The Kier molecular flexibility index (Phi) is 5.20. The highest BCUT2D eigenvalue weighted by atomic mass is 16.2. The molecule has 3 amide bonds. The largest absolute Gasteiger partial charge is 0.341 e. The van der Waals surface area contributed by atoms with Crippen molar-refractivity contribution in [1.29, 1.82) is 0 Å². The summed E-state index contributed by atoms with van der Waals surface area (Å²) in [5.74, 6) is 0.0774. The molecule has 5 heteroatoms. The van der Waals surface area contributed by atoms with Gasteiger partial charge in [-0.25, -0.2) is 4.79 Å². The molecule has 0 aliphatic carbocycles. The maximum absolute atomic E-state index is 12.4. The van der Waals surface area contributed by atoms with E-state index in [4.69, 9.17) is 0 Å². The predicted octanol–water partition coefficient (Wildman–Crippen LogP) is 2.34. The van der Waals surface area contributed by atoms with Crippen LogP contribution in [0.15, 0.2) is 24.3 Å². The maximum Gasteiger partial charge on any atom is 0.321 e. The SMILES string of the molecule is CCc1ccccc1NC(=O)N1CCCN(C(C)=O)CC1. The lowest BCUT2D eigenvalue weighted by Crippen LogP contribution is -2.39. The van der Waals surface area contributed by atoms with E-state index in [1.807, 2.05) is 24.3 Å². The molecule has 0 aromatic heterocycles. The Hall–Kier alpha value is -2.04. The molecule has 1 aromatic rings. The van der Waals surface area contributed by atoms with Crippen molar-refractivity contribution in [2.75, 3.05) is 31.5 Å². The summed E-state index contributed by atoms with van der Waals surface area (Å²) in [6.07, 6.45) is 1.71. The van der Waals surface area contributed by atoms with Crippen LogP contribution in [0.3, 0.4) is 0 Å². The number of carbonyl (C=O) groups is 2. The quantitative estimate of drug-likeness (QED) is 0.908. The topological polar surface area (TPSA) is 52.7 Å². The zero-order chi connectivity index (χ0) is 15.2. The lowest BCUT2D eigenvalue weighted by molar-refractivity contribution is -0.128. The van der Waals surface area contributed by atoms with Gasteiger partial charge in [-0.3, -0.25) is 4.79 Å². The number of para-hydroxylation sites is 1. The Morgan fingerprint density at radius 3 is 2.48 bits per heavy atom. The Labute approximate surface area is 125 Å². The number of hydrogen-bond acceptors (Lipinski definition) is 2. The number of nitrogens with one attached hydrogen (secondary N) is 1. The van der Waals surface area contributed by atoms with Gasteiger partial charge in [0, 0.05) is 38.8 Å². The van der Waals surface area contributed by atoms with Crippen LogP contribution in [0.4, 0.5) is 10.5 Å². The van der Waals surface area contributed by atoms with Gasteiger partial charge in [-0.1, -0.05) is 25.1 Å². The molecule has 0 atom stereocenters. The fourth-order valence-corrected chi connectivity index (χ4v) is 2.58. The molecule has 0 spiro atoms. The van der Waals surface area contributed by atoms with Gasteiger partial charge in [0.15, 0.2) is 0 Å². The fourth-order valence-electron chi connectivity index (χ4n) is 2.58. The molecule has 114 valence electrons. The van der Waals surface area contributed by atoms with E-state index in [-0.39, 0.29) is 11.9 Å². The molecule has 1 saturated heterocycles. The molecule has 1 fully saturated rings. The van der Waals surface area contributed by atoms with Crippen molar-refractivity contribution in [2.24, 2.45) is 0 Å². The van der Waals surface area contributed by atoms with Gasteiger partial charge in [-0.05, 0) is 24.5 Å². The van der Waals surface area contributed by atoms with Crippen molar-refractivity contribution in [3.8, 4) is 0 Å². The molecule has 1 aliphatic rings. The number of hydrogen-bond donors (Lipinski definition) is 1. The molecule has 0 saturated carbocycles. The van der Waals surface area contributed by atoms with Crippen molar-refractivity contribution in [2.45, 2.75) is 26.7 Å². The molecule has 5 nitrogen and oxygen atoms in total. The Balaban J connectivity index is 1.98. The van der Waals surface area contributed by atoms with E-state index in [0.29, 0.717) is 19.6 Å². The summed E-state index contributed by atoms with van der Waals surface area (Å²) < 4.78 is 0. The summed E-state index contributed by atoms with van der Waals surface area (Å²) in [7, 11) is 0. The number of anilines is 1. The van der Waals surface area contributed by atoms with Crippen molar-refractivity contribution in [1.82, 2.24) is 9.80 Å². The Morgan fingerprint density at radius 1 is 1.10 bits per heavy atom. The first-order valence-corrected chi connectivity index (χ1v) is 7.51. The number of nitrogens with zero attached hydrogens (tertiary/aromatic N) is 2. The molecular weight excluding hydrogens is 266 g/mol. The molecular formula is C16H23N3O2. The van der Waals surface area contributed by atoms with Gasteiger partial charge in [0.2, 0.25) is 5.91 Å². The zero-order valence-electron chi connectivity index (χ0n) is 12.8. The lowest BCUT2D eigenvalue weighted by atomic mass is 10.1. The first kappa shape index (κ1) is 15.4. The molecule has 1 N–H and O–H groups in total. The fraction of sp³-hybridized carbons (Fsp3) is 0.500. The summed E-state index contributed by atoms with van der Waals surface area (Å²) in [6, 6.07) is 7.77. The number of carbonyl (C=O) groups excluding carboxylic acids is 2. The summed E-state index contributed by atoms with van der Waals surface area (Å²) in [6.45, 7) is 6.25. The van der Waals surface area contributed by atoms with Crippen LogP contribution in [0.2, 0.25) is 0 Å². The minimum absolute atomic E-state index is 0.0774. The molecule has 0 bridgehead atoms. The summed E-state index contributed by atoms with van der Waals surface area (Å²) >= 11 is 0. The predicted molar refractivity (Wildman–Crippen MR) is 83.3 cm³/mol. The number of rotatable bonds is 2. The van der Waals surface area contributed by atoms with E-state index >= 15 is 0 Å². The second kappa shape index (κ2) is 7.11. The second-order valence-corrected chi connectivity index (χ2v) is 5.29. The average Bonchev–Trinajstić information content (AvgIpc) is 2.73. The van der Waals surface area contributed by atoms with Crippen LogP contribution in [-0.2, 0) is 11.2 Å². The average molecular weight is 289 g/mol. The monoisotopic (exact) mass is 289 g/mol. The first-order valence-electron chi connectivity index (χ1n) is 7.51. The van der Waals surface area contributed by atoms with Gasteiger partial charge in [0.1, 0.15) is 0 Å². The van der Waals surface area contributed by atoms with Crippen molar-refractivity contribution >= 4 is 17.6 Å². The first-order chi connectivity index (χ1) is 10.1. The Morgan fingerprint density at radius 2 is 1.76 bits per heavy atom. The molecule has 2 rings (SSSR count). The van der Waals surface area contributed by atoms with Crippen LogP contribution in [0.25, 0.3) is 0 Å². The van der Waals surface area contributed by atoms with Gasteiger partial charge in [0.05, 0.1) is 0 Å². The summed E-state index contributed by atoms with van der Waals surface area (Å²) in [5.41, 5.74) is 2.00. The lowest BCUT2D eigenvalue weighted by Gasteiger charge is -2.22. The molecule has 0 unspecified atom stereocenters. The summed E-state index contributed by atoms with van der Waals surface area (Å²) in [4.78, 5) is 27.4. The van der Waals surface area contributed by atoms with Gasteiger partial charge in [-0.2, -0.15) is 0 Å². The zero-order valence-corrected chi connectivity index (χ0v) is 12.8. The number of benzene rings is 1. The minimum Gasteiger partial charge on any atom is -0.341 e. The van der Waals surface area contributed by atoms with E-state index in [1.54, 1.807) is 16.7 Å². The van der Waals surface area contributed by atoms with Crippen LogP contribution in [0.5, 0.6) is 0 Å². The van der Waals surface area contributed by atoms with Gasteiger partial charge in [-0.15, -0.1) is 0 Å². The van der Waals surface area contributed by atoms with E-state index in [2.05, 4.69) is 12.2 Å². The van der Waals surface area contributed by atoms with Crippen molar-refractivity contribution in [3.05, 3.63) is 29.8 Å². The maximum atomic E-state index is 12.4. The van der Waals surface area contributed by atoms with Crippen LogP contribution in [0.1, 0.15) is 25.8 Å². The van der Waals surface area contributed by atoms with Crippen LogP contribution < -0.4 is 5.32 Å². The molecule has 21 heavy (non-hydrogen) atoms. The van der Waals surface area contributed by atoms with Crippen LogP contribution >= 0.6 is 0 Å². The minimum atomic E-state index is -0.0821. The highest BCUT2D eigenvalue weighted by Gasteiger charge is 2.20. The molecule has 1 aromatic carbocycles. The van der Waals surface area contributed by atoms with Gasteiger partial charge < -0.3 is 15.1 Å². The van der Waals surface area contributed by atoms with Gasteiger partial charge >= 0.3 is 6.03 Å². The smallest absolute Gasteiger partial charge is 0.321 e. The molecule has 0 radical (unpaired) electrons. The third-order valence-corrected chi connectivity index (χ3v) is 3.87. The van der Waals surface area contributed by atoms with Gasteiger partial charge in [0.25, 0.3) is 0 Å². The standard InChI is InChI=1S/C16H23N3O2/c1-3-14-7-4-5-8-15(14)17-16(21)19-10-6-9-18(11-12-19)13(2)20/h4-5,7-8H,3,6,9-12H2,1-2H3,(H,17,21).